The molecule has 12 heavy (non-hydrogen) atoms. The Hall–Kier alpha value is -1.15. The van der Waals surface area contributed by atoms with Crippen LogP contribution in [0.15, 0.2) is 39.5 Å². The molecule has 1 aromatic carbocycles. The molecule has 3 heteroatoms. The molecule has 0 saturated heterocycles. The molecule has 0 atom stereocenters. The van der Waals surface area contributed by atoms with E-state index >= 15 is 0 Å². The fourth-order valence-corrected chi connectivity index (χ4v) is 1.31. The maximum atomic E-state index is 5.84. The van der Waals surface area contributed by atoms with E-state index in [4.69, 9.17) is 11.6 Å². The van der Waals surface area contributed by atoms with E-state index in [-0.39, 0.29) is 0 Å². The maximum absolute atomic E-state index is 5.84. The van der Waals surface area contributed by atoms with E-state index < -0.39 is 0 Å². The zero-order valence-electron chi connectivity index (χ0n) is 6.58. The van der Waals surface area contributed by atoms with Crippen molar-refractivity contribution in [2.75, 3.05) is 0 Å². The summed E-state index contributed by atoms with van der Waals surface area (Å²) in [6, 6.07) is 7.78. The highest BCUT2D eigenvalue weighted by Crippen LogP contribution is 2.36. The molecule has 1 aromatic rings. The van der Waals surface area contributed by atoms with Gasteiger partial charge in [-0.3, -0.25) is 0 Å². The maximum Gasteiger partial charge on any atom is 0.109 e. The van der Waals surface area contributed by atoms with Gasteiger partial charge in [-0.05, 0) is 13.0 Å². The quantitative estimate of drug-likeness (QED) is 0.579. The predicted octanol–water partition coefficient (Wildman–Crippen LogP) is 3.71. The van der Waals surface area contributed by atoms with E-state index in [9.17, 15) is 0 Å². The Kier molecular flexibility index (Phi) is 1.70. The van der Waals surface area contributed by atoms with Gasteiger partial charge in [0.15, 0.2) is 0 Å². The summed E-state index contributed by atoms with van der Waals surface area (Å²) in [7, 11) is 0. The minimum Gasteiger partial charge on any atom is -0.150 e. The standard InChI is InChI=1S/C9H7ClN2/c1-6(10)9-7-4-2-3-5-8(7)11-12-9/h2-5H,1H3/b9-6+. The first kappa shape index (κ1) is 7.50. The van der Waals surface area contributed by atoms with Crippen LogP contribution < -0.4 is 0 Å². The lowest BCUT2D eigenvalue weighted by Gasteiger charge is -1.95. The Labute approximate surface area is 75.6 Å². The van der Waals surface area contributed by atoms with E-state index in [0.717, 1.165) is 16.9 Å². The van der Waals surface area contributed by atoms with E-state index in [1.165, 1.54) is 0 Å². The zero-order valence-corrected chi connectivity index (χ0v) is 7.34. The Morgan fingerprint density at radius 2 is 2.00 bits per heavy atom. The lowest BCUT2D eigenvalue weighted by Crippen LogP contribution is -1.76. The highest BCUT2D eigenvalue weighted by Gasteiger charge is 2.14. The largest absolute Gasteiger partial charge is 0.150 e. The topological polar surface area (TPSA) is 24.7 Å². The highest BCUT2D eigenvalue weighted by molar-refractivity contribution is 6.32. The molecule has 0 fully saturated rings. The molecule has 0 unspecified atom stereocenters. The molecular formula is C9H7ClN2. The van der Waals surface area contributed by atoms with Crippen LogP contribution in [0.1, 0.15) is 12.5 Å². The summed E-state index contributed by atoms with van der Waals surface area (Å²) in [5.74, 6) is 0. The van der Waals surface area contributed by atoms with Gasteiger partial charge in [0, 0.05) is 10.6 Å². The van der Waals surface area contributed by atoms with Gasteiger partial charge >= 0.3 is 0 Å². The first-order valence-corrected chi connectivity index (χ1v) is 4.04. The summed E-state index contributed by atoms with van der Waals surface area (Å²) in [6.07, 6.45) is 0. The van der Waals surface area contributed by atoms with Crippen molar-refractivity contribution in [2.45, 2.75) is 6.92 Å². The summed E-state index contributed by atoms with van der Waals surface area (Å²) in [5.41, 5.74) is 2.70. The fourth-order valence-electron chi connectivity index (χ4n) is 1.17. The van der Waals surface area contributed by atoms with Crippen molar-refractivity contribution in [1.82, 2.24) is 0 Å². The molecule has 0 radical (unpaired) electrons. The third-order valence-corrected chi connectivity index (χ3v) is 1.92. The second kappa shape index (κ2) is 2.72. The molecule has 2 nitrogen and oxygen atoms in total. The molecule has 0 aliphatic carbocycles. The van der Waals surface area contributed by atoms with Crippen molar-refractivity contribution >= 4 is 23.0 Å². The number of hydrogen-bond donors (Lipinski definition) is 0. The van der Waals surface area contributed by atoms with E-state index in [0.29, 0.717) is 5.03 Å². The number of fused-ring (bicyclic) bond motifs is 1. The Morgan fingerprint density at radius 3 is 2.75 bits per heavy atom. The van der Waals surface area contributed by atoms with Crippen molar-refractivity contribution in [1.29, 1.82) is 0 Å². The van der Waals surface area contributed by atoms with Gasteiger partial charge in [-0.2, -0.15) is 0 Å². The van der Waals surface area contributed by atoms with Crippen LogP contribution in [0.4, 0.5) is 5.69 Å². The number of benzene rings is 1. The number of nitrogens with zero attached hydrogens (tertiary/aromatic N) is 2. The van der Waals surface area contributed by atoms with Crippen LogP contribution in [0.5, 0.6) is 0 Å². The van der Waals surface area contributed by atoms with Crippen LogP contribution in [0.2, 0.25) is 0 Å². The first-order valence-electron chi connectivity index (χ1n) is 3.66. The molecule has 0 bridgehead atoms. The first-order chi connectivity index (χ1) is 5.79. The minimum absolute atomic E-state index is 0.684. The van der Waals surface area contributed by atoms with Gasteiger partial charge in [0.05, 0.1) is 5.69 Å². The van der Waals surface area contributed by atoms with Gasteiger partial charge in [-0.25, -0.2) is 0 Å². The van der Waals surface area contributed by atoms with Gasteiger partial charge in [-0.1, -0.05) is 29.8 Å². The van der Waals surface area contributed by atoms with Crippen LogP contribution in [0.25, 0.3) is 5.70 Å². The normalized spacial score (nSPS) is 17.8. The average molecular weight is 179 g/mol. The Bertz CT molecular complexity index is 376. The SMILES string of the molecule is C/C(Cl)=C1\N=Nc2ccccc21. The number of rotatable bonds is 0. The van der Waals surface area contributed by atoms with E-state index in [1.807, 2.05) is 31.2 Å². The van der Waals surface area contributed by atoms with Gasteiger partial charge in [0.25, 0.3) is 0 Å². The molecule has 0 amide bonds. The molecule has 60 valence electrons. The smallest absolute Gasteiger partial charge is 0.109 e. The Morgan fingerprint density at radius 1 is 1.25 bits per heavy atom. The van der Waals surface area contributed by atoms with Crippen molar-refractivity contribution in [3.8, 4) is 0 Å². The molecular weight excluding hydrogens is 172 g/mol. The van der Waals surface area contributed by atoms with Gasteiger partial charge in [0.2, 0.25) is 0 Å². The summed E-state index contributed by atoms with van der Waals surface area (Å²) >= 11 is 5.84. The predicted molar refractivity (Wildman–Crippen MR) is 49.4 cm³/mol. The summed E-state index contributed by atoms with van der Waals surface area (Å²) in [5, 5.41) is 8.64. The molecule has 0 saturated carbocycles. The number of halogens is 1. The van der Waals surface area contributed by atoms with Crippen LogP contribution >= 0.6 is 11.6 Å². The third kappa shape index (κ3) is 1.04. The number of hydrogen-bond acceptors (Lipinski definition) is 2. The van der Waals surface area contributed by atoms with Crippen LogP contribution in [-0.4, -0.2) is 0 Å². The van der Waals surface area contributed by atoms with Gasteiger partial charge in [0.1, 0.15) is 5.70 Å². The molecule has 1 aliphatic rings. The van der Waals surface area contributed by atoms with Crippen LogP contribution in [-0.2, 0) is 0 Å². The monoisotopic (exact) mass is 178 g/mol. The van der Waals surface area contributed by atoms with Gasteiger partial charge < -0.3 is 0 Å². The number of azo groups is 1. The van der Waals surface area contributed by atoms with Crippen LogP contribution in [0.3, 0.4) is 0 Å². The zero-order chi connectivity index (χ0) is 8.55. The van der Waals surface area contributed by atoms with Crippen molar-refractivity contribution in [2.24, 2.45) is 10.2 Å². The van der Waals surface area contributed by atoms with Crippen molar-refractivity contribution in [3.05, 3.63) is 34.9 Å². The second-order valence-electron chi connectivity index (χ2n) is 2.60. The van der Waals surface area contributed by atoms with Crippen LogP contribution in [0, 0.1) is 0 Å². The molecule has 2 rings (SSSR count). The molecule has 0 aromatic heterocycles. The van der Waals surface area contributed by atoms with E-state index in [2.05, 4.69) is 10.2 Å². The summed E-state index contributed by atoms with van der Waals surface area (Å²) in [6.45, 7) is 1.82. The lowest BCUT2D eigenvalue weighted by atomic mass is 10.1. The lowest BCUT2D eigenvalue weighted by molar-refractivity contribution is 1.31. The number of allylic oxidation sites excluding steroid dienone is 1. The second-order valence-corrected chi connectivity index (χ2v) is 3.17. The third-order valence-electron chi connectivity index (χ3n) is 1.74. The van der Waals surface area contributed by atoms with E-state index in [1.54, 1.807) is 0 Å². The molecule has 1 heterocycles. The van der Waals surface area contributed by atoms with Gasteiger partial charge in [-0.15, -0.1) is 10.2 Å². The summed E-state index contributed by atoms with van der Waals surface area (Å²) in [4.78, 5) is 0. The summed E-state index contributed by atoms with van der Waals surface area (Å²) < 4.78 is 0. The fraction of sp³-hybridized carbons (Fsp3) is 0.111. The molecule has 1 aliphatic heterocycles. The average Bonchev–Trinajstić information content (AvgIpc) is 2.47. The van der Waals surface area contributed by atoms with Crippen molar-refractivity contribution < 1.29 is 0 Å². The van der Waals surface area contributed by atoms with Crippen molar-refractivity contribution in [3.63, 3.8) is 0 Å². The minimum atomic E-state index is 0.684. The highest BCUT2D eigenvalue weighted by atomic mass is 35.5. The molecule has 0 spiro atoms. The Balaban J connectivity index is 2.64. The molecule has 0 N–H and O–H groups in total.